The van der Waals surface area contributed by atoms with Gasteiger partial charge in [0.15, 0.2) is 5.82 Å². The van der Waals surface area contributed by atoms with Gasteiger partial charge >= 0.3 is 6.09 Å². The number of rotatable bonds is 4. The number of aryl methyl sites for hydroxylation is 1. The number of pyridine rings is 1. The van der Waals surface area contributed by atoms with Gasteiger partial charge in [-0.3, -0.25) is 4.90 Å². The molecule has 1 aliphatic carbocycles. The number of carbonyl (C=O) groups excluding carboxylic acids is 1. The molecule has 1 saturated carbocycles. The number of benzene rings is 2. The molecule has 186 valence electrons. The fraction of sp³-hybridized carbons (Fsp3) is 0.367. The van der Waals surface area contributed by atoms with Crippen LogP contribution in [0.1, 0.15) is 50.3 Å². The van der Waals surface area contributed by atoms with Crippen LogP contribution in [0.15, 0.2) is 77.9 Å². The van der Waals surface area contributed by atoms with Crippen LogP contribution in [0, 0.1) is 6.92 Å². The number of aliphatic imine (C=N–C) groups is 1. The Balaban J connectivity index is 1.38. The lowest BCUT2D eigenvalue weighted by Gasteiger charge is -2.43. The number of carbonyl (C=O) groups is 1. The molecular formula is C30H34N4O2. The Morgan fingerprint density at radius 1 is 0.972 bits per heavy atom. The first-order chi connectivity index (χ1) is 17.2. The molecule has 6 heteroatoms. The van der Waals surface area contributed by atoms with Crippen molar-refractivity contribution >= 4 is 23.3 Å². The van der Waals surface area contributed by atoms with Gasteiger partial charge in [0, 0.05) is 30.8 Å². The van der Waals surface area contributed by atoms with E-state index in [4.69, 9.17) is 14.7 Å². The summed E-state index contributed by atoms with van der Waals surface area (Å²) >= 11 is 0. The van der Waals surface area contributed by atoms with Crippen molar-refractivity contribution in [3.05, 3.63) is 89.6 Å². The Hall–Kier alpha value is -3.67. The van der Waals surface area contributed by atoms with E-state index < -0.39 is 5.60 Å². The van der Waals surface area contributed by atoms with E-state index in [2.05, 4.69) is 42.2 Å². The van der Waals surface area contributed by atoms with Gasteiger partial charge in [0.2, 0.25) is 0 Å². The Labute approximate surface area is 213 Å². The summed E-state index contributed by atoms with van der Waals surface area (Å²) in [5, 5.41) is 0. The SMILES string of the molecule is Cc1cc(N2CCN(C(=O)OC(C)(C)C)C3(CC3)C2)cnc1N=C(c1ccccc1)c1ccccc1. The number of nitrogens with zero attached hydrogens (tertiary/aromatic N) is 4. The summed E-state index contributed by atoms with van der Waals surface area (Å²) in [7, 11) is 0. The van der Waals surface area contributed by atoms with E-state index in [-0.39, 0.29) is 11.6 Å². The van der Waals surface area contributed by atoms with Crippen molar-refractivity contribution in [1.82, 2.24) is 9.88 Å². The van der Waals surface area contributed by atoms with Gasteiger partial charge in [-0.15, -0.1) is 0 Å². The second kappa shape index (κ2) is 9.41. The predicted octanol–water partition coefficient (Wildman–Crippen LogP) is 6.15. The van der Waals surface area contributed by atoms with E-state index in [9.17, 15) is 4.79 Å². The van der Waals surface area contributed by atoms with Crippen LogP contribution in [0.3, 0.4) is 0 Å². The average Bonchev–Trinajstić information content (AvgIpc) is 3.62. The van der Waals surface area contributed by atoms with Crippen LogP contribution in [0.5, 0.6) is 0 Å². The van der Waals surface area contributed by atoms with E-state index >= 15 is 0 Å². The topological polar surface area (TPSA) is 58.0 Å². The molecule has 36 heavy (non-hydrogen) atoms. The number of hydrogen-bond donors (Lipinski definition) is 0. The van der Waals surface area contributed by atoms with Gasteiger partial charge in [-0.1, -0.05) is 60.7 Å². The second-order valence-electron chi connectivity index (χ2n) is 10.8. The van der Waals surface area contributed by atoms with Gasteiger partial charge in [0.05, 0.1) is 23.1 Å². The molecule has 0 N–H and O–H groups in total. The van der Waals surface area contributed by atoms with Gasteiger partial charge in [0.1, 0.15) is 5.60 Å². The molecule has 0 atom stereocenters. The third-order valence-corrected chi connectivity index (χ3v) is 6.81. The Morgan fingerprint density at radius 3 is 2.11 bits per heavy atom. The molecule has 1 aliphatic heterocycles. The lowest BCUT2D eigenvalue weighted by Crippen LogP contribution is -2.58. The highest BCUT2D eigenvalue weighted by atomic mass is 16.6. The third-order valence-electron chi connectivity index (χ3n) is 6.81. The molecule has 2 heterocycles. The van der Waals surface area contributed by atoms with Gasteiger partial charge in [-0.05, 0) is 52.2 Å². The third kappa shape index (κ3) is 5.13. The molecule has 1 amide bonds. The zero-order valence-corrected chi connectivity index (χ0v) is 21.6. The highest BCUT2D eigenvalue weighted by Crippen LogP contribution is 2.45. The van der Waals surface area contributed by atoms with Gasteiger partial charge in [-0.2, -0.15) is 0 Å². The summed E-state index contributed by atoms with van der Waals surface area (Å²) in [5.41, 5.74) is 4.51. The van der Waals surface area contributed by atoms with E-state index in [0.29, 0.717) is 6.54 Å². The molecule has 0 bridgehead atoms. The van der Waals surface area contributed by atoms with Gasteiger partial charge < -0.3 is 9.64 Å². The molecule has 5 rings (SSSR count). The lowest BCUT2D eigenvalue weighted by atomic mass is 10.0. The summed E-state index contributed by atoms with van der Waals surface area (Å²) in [5.74, 6) is 0.718. The molecule has 2 aliphatic rings. The maximum Gasteiger partial charge on any atom is 0.410 e. The summed E-state index contributed by atoms with van der Waals surface area (Å²) in [6.07, 6.45) is 3.73. The van der Waals surface area contributed by atoms with Crippen LogP contribution in [0.2, 0.25) is 0 Å². The van der Waals surface area contributed by atoms with Crippen molar-refractivity contribution in [3.8, 4) is 0 Å². The molecule has 2 aromatic carbocycles. The fourth-order valence-electron chi connectivity index (χ4n) is 4.81. The minimum Gasteiger partial charge on any atom is -0.444 e. The summed E-state index contributed by atoms with van der Waals surface area (Å²) < 4.78 is 5.68. The van der Waals surface area contributed by atoms with Crippen LogP contribution < -0.4 is 4.90 Å². The van der Waals surface area contributed by atoms with Crippen molar-refractivity contribution in [3.63, 3.8) is 0 Å². The quantitative estimate of drug-likeness (QED) is 0.419. The largest absolute Gasteiger partial charge is 0.444 e. The number of amides is 1. The fourth-order valence-corrected chi connectivity index (χ4v) is 4.81. The van der Waals surface area contributed by atoms with Gasteiger partial charge in [0.25, 0.3) is 0 Å². The first-order valence-electron chi connectivity index (χ1n) is 12.7. The zero-order valence-electron chi connectivity index (χ0n) is 21.6. The minimum atomic E-state index is -0.486. The monoisotopic (exact) mass is 482 g/mol. The van der Waals surface area contributed by atoms with Crippen LogP contribution in [-0.2, 0) is 4.74 Å². The van der Waals surface area contributed by atoms with E-state index in [1.165, 1.54) is 0 Å². The minimum absolute atomic E-state index is 0.126. The number of ether oxygens (including phenoxy) is 1. The van der Waals surface area contributed by atoms with E-state index in [0.717, 1.165) is 59.8 Å². The average molecular weight is 483 g/mol. The van der Waals surface area contributed by atoms with Crippen molar-refractivity contribution in [2.75, 3.05) is 24.5 Å². The summed E-state index contributed by atoms with van der Waals surface area (Å²) in [6.45, 7) is 10.0. The molecular weight excluding hydrogens is 448 g/mol. The summed E-state index contributed by atoms with van der Waals surface area (Å²) in [6, 6.07) is 22.6. The second-order valence-corrected chi connectivity index (χ2v) is 10.8. The van der Waals surface area contributed by atoms with E-state index in [1.807, 2.05) is 68.3 Å². The molecule has 6 nitrogen and oxygen atoms in total. The van der Waals surface area contributed by atoms with Crippen molar-refractivity contribution in [1.29, 1.82) is 0 Å². The molecule has 3 aromatic rings. The van der Waals surface area contributed by atoms with Crippen molar-refractivity contribution in [2.24, 2.45) is 4.99 Å². The number of anilines is 1. The normalized spacial score (nSPS) is 16.6. The molecule has 2 fully saturated rings. The standard InChI is InChI=1S/C30H34N4O2/c1-22-19-25(33-17-18-34(30(21-33)15-16-30)28(35)36-29(2,3)4)20-31-27(22)32-26(23-11-7-5-8-12-23)24-13-9-6-10-14-24/h5-14,19-20H,15-18,21H2,1-4H3. The van der Waals surface area contributed by atoms with Crippen molar-refractivity contribution in [2.45, 2.75) is 51.7 Å². The molecule has 0 radical (unpaired) electrons. The van der Waals surface area contributed by atoms with Crippen LogP contribution in [-0.4, -0.2) is 52.5 Å². The van der Waals surface area contributed by atoms with Crippen LogP contribution in [0.4, 0.5) is 16.3 Å². The van der Waals surface area contributed by atoms with E-state index in [1.54, 1.807) is 0 Å². The Morgan fingerprint density at radius 2 is 1.58 bits per heavy atom. The first kappa shape index (κ1) is 24.0. The Kier molecular flexibility index (Phi) is 6.29. The number of piperazine rings is 1. The summed E-state index contributed by atoms with van der Waals surface area (Å²) in [4.78, 5) is 26.9. The molecule has 1 aromatic heterocycles. The maximum atomic E-state index is 12.8. The molecule has 1 saturated heterocycles. The first-order valence-corrected chi connectivity index (χ1v) is 12.7. The van der Waals surface area contributed by atoms with Crippen LogP contribution in [0.25, 0.3) is 0 Å². The zero-order chi connectivity index (χ0) is 25.3. The maximum absolute atomic E-state index is 12.8. The molecule has 1 spiro atoms. The molecule has 0 unspecified atom stereocenters. The van der Waals surface area contributed by atoms with Crippen molar-refractivity contribution < 1.29 is 9.53 Å². The Bertz CT molecular complexity index is 1220. The number of hydrogen-bond acceptors (Lipinski definition) is 5. The van der Waals surface area contributed by atoms with Crippen LogP contribution >= 0.6 is 0 Å². The highest BCUT2D eigenvalue weighted by molar-refractivity contribution is 6.13. The lowest BCUT2D eigenvalue weighted by molar-refractivity contribution is 0.0106. The highest BCUT2D eigenvalue weighted by Gasteiger charge is 2.54. The number of aromatic nitrogens is 1. The van der Waals surface area contributed by atoms with Gasteiger partial charge in [-0.25, -0.2) is 14.8 Å². The smallest absolute Gasteiger partial charge is 0.410 e. The predicted molar refractivity (Wildman–Crippen MR) is 144 cm³/mol.